The summed E-state index contributed by atoms with van der Waals surface area (Å²) in [6, 6.07) is 34.1. The van der Waals surface area contributed by atoms with E-state index in [0.717, 1.165) is 61.1 Å². The van der Waals surface area contributed by atoms with Crippen LogP contribution in [-0.4, -0.2) is 33.4 Å². The lowest BCUT2D eigenvalue weighted by Gasteiger charge is -2.10. The first kappa shape index (κ1) is 26.0. The molecule has 5 aromatic carbocycles. The van der Waals surface area contributed by atoms with Crippen molar-refractivity contribution >= 4 is 33.5 Å². The van der Waals surface area contributed by atoms with Gasteiger partial charge in [0.2, 0.25) is 6.79 Å². The molecule has 1 aromatic heterocycles. The van der Waals surface area contributed by atoms with Crippen LogP contribution in [-0.2, 0) is 6.54 Å². The van der Waals surface area contributed by atoms with E-state index in [1.807, 2.05) is 60.7 Å². The Hall–Kier alpha value is -5.96. The van der Waals surface area contributed by atoms with Crippen LogP contribution in [0.25, 0.3) is 44.1 Å². The Kier molecular flexibility index (Phi) is 6.32. The second kappa shape index (κ2) is 10.5. The van der Waals surface area contributed by atoms with E-state index >= 15 is 0 Å². The van der Waals surface area contributed by atoms with Crippen LogP contribution in [0.3, 0.4) is 0 Å². The van der Waals surface area contributed by atoms with Crippen LogP contribution in [0, 0.1) is 0 Å². The molecule has 2 heterocycles. The fourth-order valence-corrected chi connectivity index (χ4v) is 5.69. The SMILES string of the molecule is N/C(=N\O)c1cccc(-c2ccc3c(c2)c2cc(-c4cccc(/C(N)=N/O)c4)ccc2n3Cc2ccc3c(c2)OCO3)c1. The number of nitrogens with two attached hydrogens (primary N) is 2. The molecular formula is C34H27N5O4. The topological polar surface area (TPSA) is 141 Å². The normalized spacial score (nSPS) is 13.2. The van der Waals surface area contributed by atoms with Gasteiger partial charge in [0, 0.05) is 39.5 Å². The zero-order valence-electron chi connectivity index (χ0n) is 22.9. The lowest BCUT2D eigenvalue weighted by atomic mass is 9.98. The van der Waals surface area contributed by atoms with Gasteiger partial charge in [-0.05, 0) is 76.3 Å². The van der Waals surface area contributed by atoms with Crippen molar-refractivity contribution in [3.8, 4) is 33.8 Å². The molecule has 0 bridgehead atoms. The van der Waals surface area contributed by atoms with Crippen LogP contribution in [0.2, 0.25) is 0 Å². The van der Waals surface area contributed by atoms with Crippen molar-refractivity contribution in [1.82, 2.24) is 4.57 Å². The van der Waals surface area contributed by atoms with Gasteiger partial charge in [0.15, 0.2) is 23.2 Å². The molecule has 9 nitrogen and oxygen atoms in total. The summed E-state index contributed by atoms with van der Waals surface area (Å²) in [6.07, 6.45) is 0. The Morgan fingerprint density at radius 3 is 1.72 bits per heavy atom. The molecule has 0 radical (unpaired) electrons. The molecule has 0 unspecified atom stereocenters. The Balaban J connectivity index is 1.41. The summed E-state index contributed by atoms with van der Waals surface area (Å²) in [5.41, 5.74) is 20.2. The number of aromatic nitrogens is 1. The zero-order chi connectivity index (χ0) is 29.5. The number of oxime groups is 2. The maximum absolute atomic E-state index is 9.19. The molecule has 43 heavy (non-hydrogen) atoms. The second-order valence-electron chi connectivity index (χ2n) is 10.4. The van der Waals surface area contributed by atoms with Gasteiger partial charge in [-0.2, -0.15) is 0 Å². The predicted molar refractivity (Wildman–Crippen MR) is 167 cm³/mol. The molecule has 1 aliphatic rings. The summed E-state index contributed by atoms with van der Waals surface area (Å²) in [7, 11) is 0. The van der Waals surface area contributed by atoms with Gasteiger partial charge in [-0.3, -0.25) is 0 Å². The maximum Gasteiger partial charge on any atom is 0.231 e. The first-order valence-electron chi connectivity index (χ1n) is 13.6. The van der Waals surface area contributed by atoms with Gasteiger partial charge in [0.1, 0.15) is 0 Å². The molecule has 0 atom stereocenters. The Morgan fingerprint density at radius 1 is 0.628 bits per heavy atom. The molecule has 9 heteroatoms. The van der Waals surface area contributed by atoms with Gasteiger partial charge in [-0.25, -0.2) is 0 Å². The smallest absolute Gasteiger partial charge is 0.231 e. The molecule has 1 aliphatic heterocycles. The van der Waals surface area contributed by atoms with Crippen LogP contribution >= 0.6 is 0 Å². The highest BCUT2D eigenvalue weighted by atomic mass is 16.7. The van der Waals surface area contributed by atoms with Gasteiger partial charge in [0.25, 0.3) is 0 Å². The van der Waals surface area contributed by atoms with Crippen molar-refractivity contribution in [2.75, 3.05) is 6.79 Å². The summed E-state index contributed by atoms with van der Waals surface area (Å²) in [4.78, 5) is 0. The number of benzene rings is 5. The largest absolute Gasteiger partial charge is 0.454 e. The summed E-state index contributed by atoms with van der Waals surface area (Å²) < 4.78 is 13.4. The first-order chi connectivity index (χ1) is 21.0. The lowest BCUT2D eigenvalue weighted by molar-refractivity contribution is 0.174. The highest BCUT2D eigenvalue weighted by Crippen LogP contribution is 2.37. The van der Waals surface area contributed by atoms with E-state index in [9.17, 15) is 10.4 Å². The van der Waals surface area contributed by atoms with Crippen LogP contribution in [0.4, 0.5) is 0 Å². The minimum absolute atomic E-state index is 0.0574. The van der Waals surface area contributed by atoms with Crippen LogP contribution in [0.5, 0.6) is 11.5 Å². The van der Waals surface area contributed by atoms with Crippen molar-refractivity contribution in [2.45, 2.75) is 6.54 Å². The van der Waals surface area contributed by atoms with Gasteiger partial charge in [0.05, 0.1) is 0 Å². The fraction of sp³-hybridized carbons (Fsp3) is 0.0588. The van der Waals surface area contributed by atoms with Crippen molar-refractivity contribution in [3.63, 3.8) is 0 Å². The van der Waals surface area contributed by atoms with E-state index in [1.54, 1.807) is 0 Å². The Labute approximate surface area is 246 Å². The van der Waals surface area contributed by atoms with E-state index in [0.29, 0.717) is 17.7 Å². The van der Waals surface area contributed by atoms with E-state index in [2.05, 4.69) is 57.3 Å². The molecule has 0 fully saturated rings. The molecule has 0 saturated carbocycles. The number of ether oxygens (including phenoxy) is 2. The summed E-state index contributed by atoms with van der Waals surface area (Å²) >= 11 is 0. The zero-order valence-corrected chi connectivity index (χ0v) is 22.9. The average Bonchev–Trinajstić information content (AvgIpc) is 3.66. The van der Waals surface area contributed by atoms with E-state index in [-0.39, 0.29) is 18.5 Å². The lowest BCUT2D eigenvalue weighted by Crippen LogP contribution is -2.12. The van der Waals surface area contributed by atoms with Crippen molar-refractivity contribution in [1.29, 1.82) is 0 Å². The molecule has 0 spiro atoms. The third kappa shape index (κ3) is 4.62. The van der Waals surface area contributed by atoms with Crippen molar-refractivity contribution < 1.29 is 19.9 Å². The number of rotatable bonds is 6. The van der Waals surface area contributed by atoms with Crippen LogP contribution in [0.1, 0.15) is 16.7 Å². The minimum atomic E-state index is 0.0574. The Morgan fingerprint density at radius 2 is 1.16 bits per heavy atom. The first-order valence-corrected chi connectivity index (χ1v) is 13.6. The van der Waals surface area contributed by atoms with Crippen molar-refractivity contribution in [3.05, 3.63) is 120 Å². The molecule has 7 rings (SSSR count). The van der Waals surface area contributed by atoms with Crippen LogP contribution in [0.15, 0.2) is 113 Å². The highest BCUT2D eigenvalue weighted by Gasteiger charge is 2.17. The van der Waals surface area contributed by atoms with E-state index in [4.69, 9.17) is 20.9 Å². The fourth-order valence-electron chi connectivity index (χ4n) is 5.69. The maximum atomic E-state index is 9.19. The Bertz CT molecular complexity index is 1980. The standard InChI is InChI=1S/C34H27N5O4/c35-33(37-40)25-5-1-3-21(14-25)23-8-10-29-27(16-23)28-17-24(22-4-2-6-26(15-22)34(36)38-41)9-11-30(28)39(29)18-20-7-12-31-32(13-20)43-19-42-31/h1-17,40-41H,18-19H2,(H2,35,37)(H2,36,38). The molecular weight excluding hydrogens is 542 g/mol. The summed E-state index contributed by atoms with van der Waals surface area (Å²) in [5.74, 6) is 1.62. The van der Waals surface area contributed by atoms with Crippen LogP contribution < -0.4 is 20.9 Å². The van der Waals surface area contributed by atoms with Gasteiger partial charge in [-0.15, -0.1) is 0 Å². The van der Waals surface area contributed by atoms with Crippen molar-refractivity contribution in [2.24, 2.45) is 21.8 Å². The highest BCUT2D eigenvalue weighted by molar-refractivity contribution is 6.11. The van der Waals surface area contributed by atoms with E-state index in [1.165, 1.54) is 0 Å². The van der Waals surface area contributed by atoms with Gasteiger partial charge >= 0.3 is 0 Å². The summed E-state index contributed by atoms with van der Waals surface area (Å²) in [6.45, 7) is 0.862. The quantitative estimate of drug-likeness (QED) is 0.0828. The third-order valence-electron chi connectivity index (χ3n) is 7.84. The second-order valence-corrected chi connectivity index (χ2v) is 10.4. The predicted octanol–water partition coefficient (Wildman–Crippen LogP) is 6.09. The van der Waals surface area contributed by atoms with Gasteiger partial charge in [-0.1, -0.05) is 64.9 Å². The third-order valence-corrected chi connectivity index (χ3v) is 7.84. The number of hydrogen-bond acceptors (Lipinski definition) is 6. The number of nitrogens with zero attached hydrogens (tertiary/aromatic N) is 3. The molecule has 6 N–H and O–H groups in total. The molecule has 0 amide bonds. The molecule has 0 saturated heterocycles. The molecule has 0 aliphatic carbocycles. The molecule has 212 valence electrons. The summed E-state index contributed by atoms with van der Waals surface area (Å²) in [5, 5.41) is 26.8. The number of amidine groups is 2. The number of fused-ring (bicyclic) bond motifs is 4. The van der Waals surface area contributed by atoms with E-state index < -0.39 is 0 Å². The van der Waals surface area contributed by atoms with Gasteiger partial charge < -0.3 is 35.9 Å². The average molecular weight is 570 g/mol. The number of hydrogen-bond donors (Lipinski definition) is 4. The molecule has 6 aromatic rings. The minimum Gasteiger partial charge on any atom is -0.454 e. The monoisotopic (exact) mass is 569 g/mol.